The highest BCUT2D eigenvalue weighted by Crippen LogP contribution is 2.29. The molecule has 0 spiro atoms. The van der Waals surface area contributed by atoms with E-state index in [9.17, 15) is 0 Å². The molecule has 0 aliphatic heterocycles. The third-order valence-corrected chi connectivity index (χ3v) is 3.72. The minimum Gasteiger partial charge on any atom is -0.369 e. The van der Waals surface area contributed by atoms with Crippen LogP contribution in [0.1, 0.15) is 52.9 Å². The molecule has 0 radical (unpaired) electrons. The first kappa shape index (κ1) is 17.4. The number of pyridine rings is 1. The van der Waals surface area contributed by atoms with Crippen LogP contribution in [-0.2, 0) is 0 Å². The van der Waals surface area contributed by atoms with Gasteiger partial charge in [-0.1, -0.05) is 55.8 Å². The minimum atomic E-state index is 0.354. The van der Waals surface area contributed by atoms with Gasteiger partial charge in [0.2, 0.25) is 0 Å². The van der Waals surface area contributed by atoms with Crippen molar-refractivity contribution in [2.24, 2.45) is 0 Å². The summed E-state index contributed by atoms with van der Waals surface area (Å²) in [5.41, 5.74) is 0. The summed E-state index contributed by atoms with van der Waals surface area (Å²) in [5, 5.41) is 7.63. The molecule has 1 aromatic heterocycles. The number of hydrogen-bond acceptors (Lipinski definition) is 3. The van der Waals surface area contributed by atoms with Gasteiger partial charge in [-0.2, -0.15) is 0 Å². The lowest BCUT2D eigenvalue weighted by Crippen LogP contribution is -2.17. The lowest BCUT2D eigenvalue weighted by molar-refractivity contribution is 0.593. The van der Waals surface area contributed by atoms with Gasteiger partial charge in [0.15, 0.2) is 0 Å². The zero-order valence-electron chi connectivity index (χ0n) is 12.6. The monoisotopic (exact) mass is 317 g/mol. The summed E-state index contributed by atoms with van der Waals surface area (Å²) in [6.07, 6.45) is 6.20. The second-order valence-electron chi connectivity index (χ2n) is 5.07. The molecule has 0 amide bonds. The summed E-state index contributed by atoms with van der Waals surface area (Å²) < 4.78 is 0. The molecule has 1 rings (SSSR count). The Morgan fingerprint density at radius 3 is 2.45 bits per heavy atom. The molecular weight excluding hydrogens is 293 g/mol. The summed E-state index contributed by atoms with van der Waals surface area (Å²) in [6.45, 7) is 7.17. The van der Waals surface area contributed by atoms with Crippen molar-refractivity contribution in [3.63, 3.8) is 0 Å². The summed E-state index contributed by atoms with van der Waals surface area (Å²) in [4.78, 5) is 4.46. The number of halogens is 2. The zero-order valence-corrected chi connectivity index (χ0v) is 14.1. The second kappa shape index (κ2) is 9.30. The number of nitrogens with zero attached hydrogens (tertiary/aromatic N) is 1. The minimum absolute atomic E-state index is 0.354. The number of aromatic nitrogens is 1. The van der Waals surface area contributed by atoms with Crippen LogP contribution in [-0.4, -0.2) is 17.6 Å². The number of anilines is 2. The van der Waals surface area contributed by atoms with Gasteiger partial charge in [-0.05, 0) is 26.3 Å². The molecule has 5 heteroatoms. The lowest BCUT2D eigenvalue weighted by Gasteiger charge is -2.17. The first-order valence-corrected chi connectivity index (χ1v) is 8.20. The molecule has 0 fully saturated rings. The predicted molar refractivity (Wildman–Crippen MR) is 90.3 cm³/mol. The van der Waals surface area contributed by atoms with E-state index in [1.165, 1.54) is 25.7 Å². The van der Waals surface area contributed by atoms with Crippen molar-refractivity contribution < 1.29 is 0 Å². The smallest absolute Gasteiger partial charge is 0.147 e. The maximum absolute atomic E-state index is 6.19. The SMILES string of the molecule is CCCCCCC(C)Nc1nc(NCC)c(Cl)cc1Cl. The van der Waals surface area contributed by atoms with Crippen LogP contribution < -0.4 is 10.6 Å². The fourth-order valence-corrected chi connectivity index (χ4v) is 2.52. The van der Waals surface area contributed by atoms with Gasteiger partial charge in [0.1, 0.15) is 11.6 Å². The van der Waals surface area contributed by atoms with Crippen molar-refractivity contribution in [3.05, 3.63) is 16.1 Å². The van der Waals surface area contributed by atoms with E-state index in [4.69, 9.17) is 23.2 Å². The molecule has 0 saturated carbocycles. The molecule has 0 aliphatic rings. The third kappa shape index (κ3) is 5.76. The molecule has 20 heavy (non-hydrogen) atoms. The van der Waals surface area contributed by atoms with Gasteiger partial charge in [-0.15, -0.1) is 0 Å². The van der Waals surface area contributed by atoms with Gasteiger partial charge in [-0.25, -0.2) is 4.98 Å². The third-order valence-electron chi connectivity index (χ3n) is 3.15. The molecule has 1 unspecified atom stereocenters. The average molecular weight is 318 g/mol. The van der Waals surface area contributed by atoms with Gasteiger partial charge in [-0.3, -0.25) is 0 Å². The fraction of sp³-hybridized carbons (Fsp3) is 0.667. The Hall–Kier alpha value is -0.670. The maximum Gasteiger partial charge on any atom is 0.147 e. The van der Waals surface area contributed by atoms with E-state index < -0.39 is 0 Å². The summed E-state index contributed by atoms with van der Waals surface area (Å²) in [5.74, 6) is 1.38. The predicted octanol–water partition coefficient (Wildman–Crippen LogP) is 5.59. The average Bonchev–Trinajstić information content (AvgIpc) is 2.40. The van der Waals surface area contributed by atoms with E-state index in [0.29, 0.717) is 27.7 Å². The standard InChI is InChI=1S/C15H25Cl2N3/c1-4-6-7-8-9-11(3)19-15-13(17)10-12(16)14(20-15)18-5-2/h10-11H,4-9H2,1-3H3,(H2,18,19,20). The van der Waals surface area contributed by atoms with Crippen LogP contribution >= 0.6 is 23.2 Å². The molecule has 114 valence electrons. The second-order valence-corrected chi connectivity index (χ2v) is 5.89. The van der Waals surface area contributed by atoms with Gasteiger partial charge >= 0.3 is 0 Å². The number of nitrogens with one attached hydrogen (secondary N) is 2. The molecule has 0 bridgehead atoms. The molecule has 0 saturated heterocycles. The van der Waals surface area contributed by atoms with E-state index in [-0.39, 0.29) is 0 Å². The number of rotatable bonds is 9. The topological polar surface area (TPSA) is 37.0 Å². The molecule has 3 nitrogen and oxygen atoms in total. The summed E-state index contributed by atoms with van der Waals surface area (Å²) >= 11 is 12.3. The first-order valence-electron chi connectivity index (χ1n) is 7.44. The Labute approximate surface area is 132 Å². The highest BCUT2D eigenvalue weighted by atomic mass is 35.5. The molecule has 0 aliphatic carbocycles. The quantitative estimate of drug-likeness (QED) is 0.583. The van der Waals surface area contributed by atoms with E-state index in [2.05, 4.69) is 29.5 Å². The molecular formula is C15H25Cl2N3. The Balaban J connectivity index is 2.59. The van der Waals surface area contributed by atoms with Crippen LogP contribution in [0.15, 0.2) is 6.07 Å². The van der Waals surface area contributed by atoms with Crippen LogP contribution in [0.25, 0.3) is 0 Å². The summed E-state index contributed by atoms with van der Waals surface area (Å²) in [6, 6.07) is 2.09. The van der Waals surface area contributed by atoms with Crippen molar-refractivity contribution in [2.45, 2.75) is 58.9 Å². The van der Waals surface area contributed by atoms with Crippen LogP contribution in [0.5, 0.6) is 0 Å². The van der Waals surface area contributed by atoms with E-state index in [1.54, 1.807) is 6.07 Å². The maximum atomic E-state index is 6.19. The van der Waals surface area contributed by atoms with Gasteiger partial charge < -0.3 is 10.6 Å². The molecule has 0 aromatic carbocycles. The van der Waals surface area contributed by atoms with Crippen molar-refractivity contribution >= 4 is 34.8 Å². The largest absolute Gasteiger partial charge is 0.369 e. The summed E-state index contributed by atoms with van der Waals surface area (Å²) in [7, 11) is 0. The van der Waals surface area contributed by atoms with Gasteiger partial charge in [0, 0.05) is 12.6 Å². The van der Waals surface area contributed by atoms with Crippen LogP contribution in [0, 0.1) is 0 Å². The van der Waals surface area contributed by atoms with Crippen LogP contribution in [0.2, 0.25) is 10.0 Å². The molecule has 2 N–H and O–H groups in total. The molecule has 1 heterocycles. The highest BCUT2D eigenvalue weighted by molar-refractivity contribution is 6.37. The van der Waals surface area contributed by atoms with Gasteiger partial charge in [0.05, 0.1) is 10.0 Å². The van der Waals surface area contributed by atoms with E-state index >= 15 is 0 Å². The normalized spacial score (nSPS) is 12.2. The van der Waals surface area contributed by atoms with Crippen LogP contribution in [0.4, 0.5) is 11.6 Å². The Kier molecular flexibility index (Phi) is 8.08. The Morgan fingerprint density at radius 2 is 1.80 bits per heavy atom. The zero-order chi connectivity index (χ0) is 15.0. The van der Waals surface area contributed by atoms with Crippen molar-refractivity contribution in [1.82, 2.24) is 4.98 Å². The Bertz CT molecular complexity index is 410. The number of hydrogen-bond donors (Lipinski definition) is 2. The van der Waals surface area contributed by atoms with Crippen molar-refractivity contribution in [2.75, 3.05) is 17.2 Å². The fourth-order valence-electron chi connectivity index (χ4n) is 2.04. The van der Waals surface area contributed by atoms with Crippen LogP contribution in [0.3, 0.4) is 0 Å². The highest BCUT2D eigenvalue weighted by Gasteiger charge is 2.11. The van der Waals surface area contributed by atoms with Crippen molar-refractivity contribution in [3.8, 4) is 0 Å². The first-order chi connectivity index (χ1) is 9.58. The van der Waals surface area contributed by atoms with Gasteiger partial charge in [0.25, 0.3) is 0 Å². The number of unbranched alkanes of at least 4 members (excludes halogenated alkanes) is 3. The lowest BCUT2D eigenvalue weighted by atomic mass is 10.1. The van der Waals surface area contributed by atoms with E-state index in [1.807, 2.05) is 6.92 Å². The van der Waals surface area contributed by atoms with E-state index in [0.717, 1.165) is 13.0 Å². The molecule has 1 atom stereocenters. The Morgan fingerprint density at radius 1 is 1.10 bits per heavy atom. The van der Waals surface area contributed by atoms with Crippen molar-refractivity contribution in [1.29, 1.82) is 0 Å². The molecule has 1 aromatic rings.